The number of carbonyl (C=O) groups is 1. The van der Waals surface area contributed by atoms with Gasteiger partial charge in [-0.3, -0.25) is 14.9 Å². The maximum Gasteiger partial charge on any atom is 0.418 e. The number of thioether (sulfide) groups is 1. The number of fused-ring (bicyclic) bond motifs is 1. The predicted molar refractivity (Wildman–Crippen MR) is 114 cm³/mol. The molecular weight excluding hydrogens is 479 g/mol. The van der Waals surface area contributed by atoms with E-state index < -0.39 is 40.0 Å². The number of para-hydroxylation sites is 2. The zero-order valence-corrected chi connectivity index (χ0v) is 18.2. The lowest BCUT2D eigenvalue weighted by Gasteiger charge is -2.25. The van der Waals surface area contributed by atoms with E-state index in [1.807, 2.05) is 6.07 Å². The Morgan fingerprint density at radius 2 is 2.00 bits per heavy atom. The van der Waals surface area contributed by atoms with Gasteiger partial charge in [-0.1, -0.05) is 23.9 Å². The summed E-state index contributed by atoms with van der Waals surface area (Å²) in [4.78, 5) is 22.2. The molecule has 1 N–H and O–H groups in total. The lowest BCUT2D eigenvalue weighted by molar-refractivity contribution is -0.385. The van der Waals surface area contributed by atoms with Crippen molar-refractivity contribution in [2.45, 2.75) is 17.4 Å². The molecule has 0 saturated carbocycles. The van der Waals surface area contributed by atoms with Crippen molar-refractivity contribution >= 4 is 29.0 Å². The number of alkyl halides is 3. The Kier molecular flexibility index (Phi) is 6.32. The number of carbonyl (C=O) groups excluding carboxylic acids is 1. The van der Waals surface area contributed by atoms with Crippen LogP contribution in [-0.2, 0) is 18.0 Å². The van der Waals surface area contributed by atoms with Crippen molar-refractivity contribution in [2.75, 3.05) is 17.7 Å². The summed E-state index contributed by atoms with van der Waals surface area (Å²) in [5.41, 5.74) is -2.62. The third kappa shape index (κ3) is 4.90. The highest BCUT2D eigenvalue weighted by atomic mass is 32.2. The molecule has 1 aromatic heterocycles. The fourth-order valence-corrected chi connectivity index (χ4v) is 3.90. The summed E-state index contributed by atoms with van der Waals surface area (Å²) in [6.45, 7) is 0.203. The molecule has 0 saturated heterocycles. The normalized spacial score (nSPS) is 15.1. The van der Waals surface area contributed by atoms with Crippen molar-refractivity contribution in [3.8, 4) is 11.5 Å². The van der Waals surface area contributed by atoms with Crippen molar-refractivity contribution in [1.29, 1.82) is 0 Å². The number of halogens is 3. The van der Waals surface area contributed by atoms with Crippen molar-refractivity contribution in [1.82, 2.24) is 14.8 Å². The molecule has 1 aliphatic heterocycles. The number of anilines is 1. The fourth-order valence-electron chi connectivity index (χ4n) is 3.18. The molecule has 4 rings (SSSR count). The van der Waals surface area contributed by atoms with E-state index in [4.69, 9.17) is 9.47 Å². The van der Waals surface area contributed by atoms with Crippen molar-refractivity contribution < 1.29 is 32.4 Å². The monoisotopic (exact) mass is 495 g/mol. The van der Waals surface area contributed by atoms with Crippen LogP contribution in [0.3, 0.4) is 0 Å². The Bertz CT molecular complexity index is 1250. The van der Waals surface area contributed by atoms with Crippen molar-refractivity contribution in [3.63, 3.8) is 0 Å². The van der Waals surface area contributed by atoms with Crippen molar-refractivity contribution in [3.05, 3.63) is 64.0 Å². The summed E-state index contributed by atoms with van der Waals surface area (Å²) in [5.74, 6) is 0.591. The molecule has 0 bridgehead atoms. The smallest absolute Gasteiger partial charge is 0.418 e. The van der Waals surface area contributed by atoms with Crippen LogP contribution in [-0.4, -0.2) is 38.0 Å². The van der Waals surface area contributed by atoms with E-state index in [0.717, 1.165) is 23.9 Å². The topological polar surface area (TPSA) is 121 Å². The van der Waals surface area contributed by atoms with Gasteiger partial charge in [0.15, 0.2) is 28.6 Å². The number of hydrogen-bond acceptors (Lipinski definition) is 8. The van der Waals surface area contributed by atoms with E-state index in [-0.39, 0.29) is 12.4 Å². The second-order valence-electron chi connectivity index (χ2n) is 7.09. The van der Waals surface area contributed by atoms with E-state index in [2.05, 4.69) is 15.5 Å². The maximum absolute atomic E-state index is 13.3. The van der Waals surface area contributed by atoms with Crippen LogP contribution in [0.4, 0.5) is 24.5 Å². The molecule has 178 valence electrons. The van der Waals surface area contributed by atoms with Crippen LogP contribution in [0.5, 0.6) is 11.5 Å². The molecule has 1 amide bonds. The molecule has 14 heteroatoms. The molecule has 34 heavy (non-hydrogen) atoms. The molecule has 1 atom stereocenters. The Balaban J connectivity index is 1.42. The highest BCUT2D eigenvalue weighted by Gasteiger charge is 2.35. The molecule has 0 fully saturated rings. The molecule has 2 heterocycles. The van der Waals surface area contributed by atoms with Gasteiger partial charge in [-0.2, -0.15) is 13.2 Å². The summed E-state index contributed by atoms with van der Waals surface area (Å²) >= 11 is 0.958. The molecule has 3 aromatic rings. The number of ether oxygens (including phenoxy) is 2. The minimum absolute atomic E-state index is 0.203. The molecule has 0 aliphatic carbocycles. The van der Waals surface area contributed by atoms with Crippen LogP contribution < -0.4 is 14.8 Å². The molecule has 0 unspecified atom stereocenters. The van der Waals surface area contributed by atoms with Gasteiger partial charge in [-0.15, -0.1) is 10.2 Å². The van der Waals surface area contributed by atoms with E-state index in [1.54, 1.807) is 29.8 Å². The summed E-state index contributed by atoms with van der Waals surface area (Å²) in [7, 11) is 1.66. The predicted octanol–water partition coefficient (Wildman–Crippen LogP) is 3.99. The van der Waals surface area contributed by atoms with Gasteiger partial charge in [0, 0.05) is 19.2 Å². The standard InChI is InChI=1S/C20H16F3N5O5S/c1-27-18(16-9-32-14-4-2-3-5-15(14)33-16)25-26-19(27)34-10-17(29)24-13-7-6-11(28(30)31)8-12(13)20(21,22)23/h2-8,16H,9-10H2,1H3,(H,24,29)/t16-/m1/s1. The van der Waals surface area contributed by atoms with E-state index in [9.17, 15) is 28.1 Å². The number of nitrogens with zero attached hydrogens (tertiary/aromatic N) is 4. The Hall–Kier alpha value is -3.81. The number of aromatic nitrogens is 3. The van der Waals surface area contributed by atoms with E-state index in [1.165, 1.54) is 0 Å². The molecule has 0 spiro atoms. The summed E-state index contributed by atoms with van der Waals surface area (Å²) in [6.07, 6.45) is -5.42. The first kappa shape index (κ1) is 23.4. The first-order chi connectivity index (χ1) is 16.1. The van der Waals surface area contributed by atoms with Gasteiger partial charge < -0.3 is 19.4 Å². The number of nitro groups is 1. The average molecular weight is 495 g/mol. The highest BCUT2D eigenvalue weighted by molar-refractivity contribution is 7.99. The Morgan fingerprint density at radius 3 is 2.71 bits per heavy atom. The average Bonchev–Trinajstić information content (AvgIpc) is 3.17. The molecule has 10 nitrogen and oxygen atoms in total. The van der Waals surface area contributed by atoms with Gasteiger partial charge in [-0.25, -0.2) is 0 Å². The minimum atomic E-state index is -4.89. The van der Waals surface area contributed by atoms with E-state index in [0.29, 0.717) is 28.5 Å². The molecule has 2 aromatic carbocycles. The van der Waals surface area contributed by atoms with Gasteiger partial charge in [0.1, 0.15) is 6.61 Å². The number of benzene rings is 2. The number of non-ortho nitro benzene ring substituents is 1. The van der Waals surface area contributed by atoms with Gasteiger partial charge in [0.2, 0.25) is 5.91 Å². The van der Waals surface area contributed by atoms with Gasteiger partial charge in [0.05, 0.1) is 21.9 Å². The number of nitro benzene ring substituents is 1. The molecule has 0 radical (unpaired) electrons. The largest absolute Gasteiger partial charge is 0.485 e. The first-order valence-electron chi connectivity index (χ1n) is 9.69. The van der Waals surface area contributed by atoms with Crippen LogP contribution in [0.15, 0.2) is 47.6 Å². The summed E-state index contributed by atoms with van der Waals surface area (Å²) in [6, 6.07) is 9.26. The third-order valence-corrected chi connectivity index (χ3v) is 5.81. The van der Waals surface area contributed by atoms with Crippen LogP contribution in [0.1, 0.15) is 17.5 Å². The van der Waals surface area contributed by atoms with Crippen LogP contribution in [0.25, 0.3) is 0 Å². The first-order valence-corrected chi connectivity index (χ1v) is 10.7. The van der Waals surface area contributed by atoms with Gasteiger partial charge in [0.25, 0.3) is 5.69 Å². The lowest BCUT2D eigenvalue weighted by Crippen LogP contribution is -2.24. The van der Waals surface area contributed by atoms with Gasteiger partial charge in [-0.05, 0) is 18.2 Å². The lowest BCUT2D eigenvalue weighted by atomic mass is 10.1. The van der Waals surface area contributed by atoms with Crippen molar-refractivity contribution in [2.24, 2.45) is 7.05 Å². The van der Waals surface area contributed by atoms with Crippen LogP contribution in [0, 0.1) is 10.1 Å². The summed E-state index contributed by atoms with van der Waals surface area (Å²) < 4.78 is 53.1. The number of amides is 1. The van der Waals surface area contributed by atoms with Gasteiger partial charge >= 0.3 is 6.18 Å². The van der Waals surface area contributed by atoms with Crippen LogP contribution in [0.2, 0.25) is 0 Å². The SMILES string of the molecule is Cn1c(SCC(=O)Nc2ccc([N+](=O)[O-])cc2C(F)(F)F)nnc1[C@H]1COc2ccccc2O1. The zero-order valence-electron chi connectivity index (χ0n) is 17.4. The Labute approximate surface area is 194 Å². The second kappa shape index (κ2) is 9.21. The highest BCUT2D eigenvalue weighted by Crippen LogP contribution is 2.38. The number of nitrogens with one attached hydrogen (secondary N) is 1. The molecule has 1 aliphatic rings. The fraction of sp³-hybridized carbons (Fsp3) is 0.250. The third-order valence-electron chi connectivity index (χ3n) is 4.79. The Morgan fingerprint density at radius 1 is 1.26 bits per heavy atom. The number of rotatable bonds is 6. The zero-order chi connectivity index (χ0) is 24.5. The minimum Gasteiger partial charge on any atom is -0.485 e. The quantitative estimate of drug-likeness (QED) is 0.310. The maximum atomic E-state index is 13.3. The van der Waals surface area contributed by atoms with Crippen LogP contribution >= 0.6 is 11.8 Å². The number of hydrogen-bond donors (Lipinski definition) is 1. The summed E-state index contributed by atoms with van der Waals surface area (Å²) in [5, 5.41) is 21.4. The van der Waals surface area contributed by atoms with E-state index >= 15 is 0 Å². The molecular formula is C20H16F3N5O5S. The second-order valence-corrected chi connectivity index (χ2v) is 8.03.